The molecule has 0 amide bonds. The molecule has 0 unspecified atom stereocenters. The third kappa shape index (κ3) is 2.65. The highest BCUT2D eigenvalue weighted by Crippen LogP contribution is 2.33. The normalized spacial score (nSPS) is 11.2. The second kappa shape index (κ2) is 5.22. The van der Waals surface area contributed by atoms with Gasteiger partial charge in [-0.15, -0.1) is 0 Å². The Hall–Kier alpha value is -2.16. The van der Waals surface area contributed by atoms with Crippen molar-refractivity contribution in [1.29, 1.82) is 0 Å². The third-order valence-corrected chi connectivity index (χ3v) is 3.08. The Labute approximate surface area is 112 Å². The van der Waals surface area contributed by atoms with Gasteiger partial charge in [-0.25, -0.2) is 4.39 Å². The molecule has 0 heterocycles. The van der Waals surface area contributed by atoms with E-state index in [-0.39, 0.29) is 5.82 Å². The molecular formula is C16H17FN2. The molecular weight excluding hydrogens is 239 g/mol. The van der Waals surface area contributed by atoms with E-state index in [0.29, 0.717) is 5.69 Å². The molecule has 0 aromatic heterocycles. The minimum Gasteiger partial charge on any atom is -0.398 e. The number of hydrogen-bond donors (Lipinski definition) is 1. The monoisotopic (exact) mass is 256 g/mol. The van der Waals surface area contributed by atoms with Crippen LogP contribution in [-0.2, 0) is 0 Å². The van der Waals surface area contributed by atoms with Crippen molar-refractivity contribution < 1.29 is 4.39 Å². The topological polar surface area (TPSA) is 38.4 Å². The summed E-state index contributed by atoms with van der Waals surface area (Å²) in [7, 11) is 0. The molecule has 0 aliphatic rings. The van der Waals surface area contributed by atoms with Gasteiger partial charge in [-0.05, 0) is 61.7 Å². The molecule has 2 N–H and O–H groups in total. The fraction of sp³-hybridized carbons (Fsp3) is 0.188. The predicted octanol–water partition coefficient (Wildman–Crippen LogP) is 4.41. The van der Waals surface area contributed by atoms with Gasteiger partial charge in [0.1, 0.15) is 5.82 Å². The summed E-state index contributed by atoms with van der Waals surface area (Å²) in [5.41, 5.74) is 11.1. The predicted molar refractivity (Wildman–Crippen MR) is 79.5 cm³/mol. The molecule has 0 bridgehead atoms. The summed E-state index contributed by atoms with van der Waals surface area (Å²) in [5.74, 6) is -0.303. The zero-order valence-corrected chi connectivity index (χ0v) is 11.4. The highest BCUT2D eigenvalue weighted by atomic mass is 19.1. The van der Waals surface area contributed by atoms with E-state index in [2.05, 4.69) is 4.99 Å². The average Bonchev–Trinajstić information content (AvgIpc) is 2.31. The SMILES string of the molecule is CC=Nc1ccc(-c2c(C)cc(F)cc2N)cc1C. The van der Waals surface area contributed by atoms with E-state index in [4.69, 9.17) is 5.73 Å². The molecule has 0 atom stereocenters. The van der Waals surface area contributed by atoms with Crippen LogP contribution >= 0.6 is 0 Å². The number of nitrogens with two attached hydrogens (primary N) is 1. The van der Waals surface area contributed by atoms with Gasteiger partial charge >= 0.3 is 0 Å². The van der Waals surface area contributed by atoms with Crippen molar-refractivity contribution in [3.8, 4) is 11.1 Å². The molecule has 0 saturated heterocycles. The van der Waals surface area contributed by atoms with Crippen molar-refractivity contribution in [2.45, 2.75) is 20.8 Å². The minimum atomic E-state index is -0.303. The molecule has 19 heavy (non-hydrogen) atoms. The van der Waals surface area contributed by atoms with E-state index >= 15 is 0 Å². The first kappa shape index (κ1) is 13.3. The van der Waals surface area contributed by atoms with E-state index in [1.807, 2.05) is 39.0 Å². The molecule has 98 valence electrons. The smallest absolute Gasteiger partial charge is 0.125 e. The largest absolute Gasteiger partial charge is 0.398 e. The van der Waals surface area contributed by atoms with Crippen LogP contribution in [0.15, 0.2) is 35.3 Å². The fourth-order valence-corrected chi connectivity index (χ4v) is 2.26. The van der Waals surface area contributed by atoms with Crippen molar-refractivity contribution in [2.24, 2.45) is 4.99 Å². The quantitative estimate of drug-likeness (QED) is 0.627. The maximum absolute atomic E-state index is 13.3. The molecule has 2 rings (SSSR count). The van der Waals surface area contributed by atoms with Crippen LogP contribution in [0.25, 0.3) is 11.1 Å². The van der Waals surface area contributed by atoms with Crippen molar-refractivity contribution in [1.82, 2.24) is 0 Å². The molecule has 0 aliphatic carbocycles. The van der Waals surface area contributed by atoms with Gasteiger partial charge in [0.25, 0.3) is 0 Å². The first-order chi connectivity index (χ1) is 9.02. The Morgan fingerprint density at radius 1 is 1.11 bits per heavy atom. The van der Waals surface area contributed by atoms with E-state index in [0.717, 1.165) is 27.9 Å². The number of hydrogen-bond acceptors (Lipinski definition) is 2. The summed E-state index contributed by atoms with van der Waals surface area (Å²) in [6.07, 6.45) is 1.76. The lowest BCUT2D eigenvalue weighted by atomic mass is 9.96. The van der Waals surface area contributed by atoms with Crippen LogP contribution in [0, 0.1) is 19.7 Å². The molecule has 0 aliphatic heterocycles. The Morgan fingerprint density at radius 3 is 2.42 bits per heavy atom. The lowest BCUT2D eigenvalue weighted by molar-refractivity contribution is 0.627. The van der Waals surface area contributed by atoms with Gasteiger partial charge in [0.15, 0.2) is 0 Å². The van der Waals surface area contributed by atoms with Crippen LogP contribution in [0.4, 0.5) is 15.8 Å². The number of anilines is 1. The molecule has 0 fully saturated rings. The van der Waals surface area contributed by atoms with Crippen LogP contribution in [0.2, 0.25) is 0 Å². The molecule has 0 spiro atoms. The first-order valence-electron chi connectivity index (χ1n) is 6.18. The van der Waals surface area contributed by atoms with Gasteiger partial charge in [0.05, 0.1) is 5.69 Å². The second-order valence-corrected chi connectivity index (χ2v) is 4.58. The molecule has 3 heteroatoms. The van der Waals surface area contributed by atoms with Crippen LogP contribution < -0.4 is 5.73 Å². The molecule has 0 saturated carbocycles. The van der Waals surface area contributed by atoms with Gasteiger partial charge < -0.3 is 5.73 Å². The Balaban J connectivity index is 2.57. The van der Waals surface area contributed by atoms with Gasteiger partial charge in [-0.1, -0.05) is 6.07 Å². The lowest BCUT2D eigenvalue weighted by Gasteiger charge is -2.11. The van der Waals surface area contributed by atoms with E-state index in [1.54, 1.807) is 6.21 Å². The van der Waals surface area contributed by atoms with Crippen LogP contribution in [0.1, 0.15) is 18.1 Å². The van der Waals surface area contributed by atoms with Crippen molar-refractivity contribution >= 4 is 17.6 Å². The van der Waals surface area contributed by atoms with Crippen LogP contribution in [0.3, 0.4) is 0 Å². The lowest BCUT2D eigenvalue weighted by Crippen LogP contribution is -1.95. The fourth-order valence-electron chi connectivity index (χ4n) is 2.26. The number of nitrogens with zero attached hydrogens (tertiary/aromatic N) is 1. The summed E-state index contributed by atoms with van der Waals surface area (Å²) in [6.45, 7) is 5.75. The average molecular weight is 256 g/mol. The highest BCUT2D eigenvalue weighted by molar-refractivity contribution is 5.81. The Bertz CT molecular complexity index is 622. The van der Waals surface area contributed by atoms with Crippen molar-refractivity contribution in [3.05, 3.63) is 47.3 Å². The zero-order chi connectivity index (χ0) is 14.0. The van der Waals surface area contributed by atoms with E-state index in [9.17, 15) is 4.39 Å². The molecule has 2 nitrogen and oxygen atoms in total. The summed E-state index contributed by atoms with van der Waals surface area (Å²) in [6, 6.07) is 8.80. The van der Waals surface area contributed by atoms with Gasteiger partial charge in [0, 0.05) is 17.5 Å². The summed E-state index contributed by atoms with van der Waals surface area (Å²) in [4.78, 5) is 4.28. The van der Waals surface area contributed by atoms with Crippen LogP contribution in [0.5, 0.6) is 0 Å². The number of aliphatic imine (C=N–C) groups is 1. The zero-order valence-electron chi connectivity index (χ0n) is 11.4. The maximum Gasteiger partial charge on any atom is 0.125 e. The number of benzene rings is 2. The molecule has 0 radical (unpaired) electrons. The minimum absolute atomic E-state index is 0.303. The molecule has 2 aromatic rings. The number of nitrogen functional groups attached to an aromatic ring is 1. The van der Waals surface area contributed by atoms with Gasteiger partial charge in [-0.3, -0.25) is 4.99 Å². The highest BCUT2D eigenvalue weighted by Gasteiger charge is 2.09. The second-order valence-electron chi connectivity index (χ2n) is 4.58. The summed E-state index contributed by atoms with van der Waals surface area (Å²) >= 11 is 0. The van der Waals surface area contributed by atoms with Gasteiger partial charge in [-0.2, -0.15) is 0 Å². The number of rotatable bonds is 2. The summed E-state index contributed by atoms with van der Waals surface area (Å²) in [5, 5.41) is 0. The van der Waals surface area contributed by atoms with Crippen LogP contribution in [-0.4, -0.2) is 6.21 Å². The van der Waals surface area contributed by atoms with Crippen molar-refractivity contribution in [2.75, 3.05) is 5.73 Å². The number of aryl methyl sites for hydroxylation is 2. The van der Waals surface area contributed by atoms with E-state index < -0.39 is 0 Å². The Morgan fingerprint density at radius 2 is 1.84 bits per heavy atom. The maximum atomic E-state index is 13.3. The van der Waals surface area contributed by atoms with Gasteiger partial charge in [0.2, 0.25) is 0 Å². The Kier molecular flexibility index (Phi) is 3.65. The third-order valence-electron chi connectivity index (χ3n) is 3.08. The summed E-state index contributed by atoms with van der Waals surface area (Å²) < 4.78 is 13.3. The molecule has 2 aromatic carbocycles. The number of halogens is 1. The van der Waals surface area contributed by atoms with E-state index in [1.165, 1.54) is 12.1 Å². The van der Waals surface area contributed by atoms with Crippen molar-refractivity contribution in [3.63, 3.8) is 0 Å². The standard InChI is InChI=1S/C16H17FN2/c1-4-19-15-6-5-12(7-10(15)2)16-11(3)8-13(17)9-14(16)18/h4-9H,18H2,1-3H3. The first-order valence-corrected chi connectivity index (χ1v) is 6.18.